The molecule has 3 heteroatoms. The zero-order chi connectivity index (χ0) is 13.2. The summed E-state index contributed by atoms with van der Waals surface area (Å²) in [6.07, 6.45) is 12.8. The van der Waals surface area contributed by atoms with Gasteiger partial charge in [-0.2, -0.15) is 0 Å². The number of nitrogens with zero attached hydrogens (tertiary/aromatic N) is 1. The van der Waals surface area contributed by atoms with E-state index >= 15 is 0 Å². The summed E-state index contributed by atoms with van der Waals surface area (Å²) in [5.74, 6) is 2.34. The van der Waals surface area contributed by atoms with Crippen LogP contribution in [0.15, 0.2) is 41.0 Å². The molecule has 2 aliphatic rings. The van der Waals surface area contributed by atoms with Crippen LogP contribution in [0.3, 0.4) is 0 Å². The van der Waals surface area contributed by atoms with Gasteiger partial charge in [-0.05, 0) is 48.1 Å². The Labute approximate surface area is 124 Å². The first-order chi connectivity index (χ1) is 9.28. The Morgan fingerprint density at radius 1 is 1.42 bits per heavy atom. The van der Waals surface area contributed by atoms with Crippen LogP contribution in [-0.2, 0) is 0 Å². The first-order valence-corrected chi connectivity index (χ1v) is 8.30. The van der Waals surface area contributed by atoms with Gasteiger partial charge in [-0.25, -0.2) is 4.98 Å². The minimum atomic E-state index is 0.462. The minimum Gasteiger partial charge on any atom is -0.243 e. The maximum Gasteiger partial charge on any atom is 0.142 e. The number of thioether (sulfide) groups is 1. The lowest BCUT2D eigenvalue weighted by Crippen LogP contribution is -2.01. The SMILES string of the molecule is CCSc1cc(C2C=CC(C3CC3)=CC2)cnc1Cl. The van der Waals surface area contributed by atoms with Gasteiger partial charge in [-0.3, -0.25) is 0 Å². The van der Waals surface area contributed by atoms with Gasteiger partial charge in [-0.1, -0.05) is 36.8 Å². The molecule has 2 aliphatic carbocycles. The van der Waals surface area contributed by atoms with Crippen LogP contribution in [0.2, 0.25) is 5.15 Å². The van der Waals surface area contributed by atoms with Gasteiger partial charge >= 0.3 is 0 Å². The van der Waals surface area contributed by atoms with E-state index in [4.69, 9.17) is 11.6 Å². The molecule has 1 fully saturated rings. The van der Waals surface area contributed by atoms with Crippen molar-refractivity contribution in [1.82, 2.24) is 4.98 Å². The molecule has 1 aromatic rings. The second kappa shape index (κ2) is 5.72. The third-order valence-corrected chi connectivity index (χ3v) is 5.06. The van der Waals surface area contributed by atoms with E-state index < -0.39 is 0 Å². The van der Waals surface area contributed by atoms with Gasteiger partial charge in [0.15, 0.2) is 0 Å². The van der Waals surface area contributed by atoms with E-state index in [2.05, 4.69) is 36.2 Å². The first-order valence-electron chi connectivity index (χ1n) is 6.94. The highest BCUT2D eigenvalue weighted by atomic mass is 35.5. The lowest BCUT2D eigenvalue weighted by molar-refractivity contribution is 0.818. The maximum atomic E-state index is 6.13. The van der Waals surface area contributed by atoms with Crippen LogP contribution in [0, 0.1) is 5.92 Å². The molecule has 100 valence electrons. The predicted molar refractivity (Wildman–Crippen MR) is 83.0 cm³/mol. The molecule has 0 saturated heterocycles. The second-order valence-electron chi connectivity index (χ2n) is 5.17. The maximum absolute atomic E-state index is 6.13. The van der Waals surface area contributed by atoms with Crippen molar-refractivity contribution in [3.63, 3.8) is 0 Å². The minimum absolute atomic E-state index is 0.462. The number of halogens is 1. The monoisotopic (exact) mass is 291 g/mol. The molecule has 0 amide bonds. The second-order valence-corrected chi connectivity index (χ2v) is 6.83. The topological polar surface area (TPSA) is 12.9 Å². The van der Waals surface area contributed by atoms with Crippen molar-refractivity contribution in [2.45, 2.75) is 37.0 Å². The van der Waals surface area contributed by atoms with Crippen LogP contribution < -0.4 is 0 Å². The Hall–Kier alpha value is -0.730. The summed E-state index contributed by atoms with van der Waals surface area (Å²) < 4.78 is 0. The smallest absolute Gasteiger partial charge is 0.142 e. The summed E-state index contributed by atoms with van der Waals surface area (Å²) in [6.45, 7) is 2.14. The largest absolute Gasteiger partial charge is 0.243 e. The third-order valence-electron chi connectivity index (χ3n) is 3.73. The normalized spacial score (nSPS) is 22.4. The highest BCUT2D eigenvalue weighted by Gasteiger charge is 2.26. The van der Waals surface area contributed by atoms with E-state index in [1.165, 1.54) is 18.4 Å². The molecule has 1 atom stereocenters. The van der Waals surface area contributed by atoms with Gasteiger partial charge in [0.25, 0.3) is 0 Å². The number of allylic oxidation sites excluding steroid dienone is 4. The van der Waals surface area contributed by atoms with Crippen LogP contribution in [0.5, 0.6) is 0 Å². The molecule has 1 heterocycles. The van der Waals surface area contributed by atoms with Crippen LogP contribution in [0.25, 0.3) is 0 Å². The van der Waals surface area contributed by atoms with Crippen LogP contribution in [-0.4, -0.2) is 10.7 Å². The number of rotatable bonds is 4. The average Bonchev–Trinajstić information content (AvgIpc) is 3.26. The van der Waals surface area contributed by atoms with Gasteiger partial charge in [0.1, 0.15) is 5.15 Å². The molecule has 0 N–H and O–H groups in total. The lowest BCUT2D eigenvalue weighted by Gasteiger charge is -2.17. The molecule has 1 saturated carbocycles. The van der Waals surface area contributed by atoms with E-state index in [1.807, 2.05) is 6.20 Å². The summed E-state index contributed by atoms with van der Waals surface area (Å²) in [4.78, 5) is 5.43. The lowest BCUT2D eigenvalue weighted by atomic mass is 9.90. The van der Waals surface area contributed by atoms with E-state index in [0.717, 1.165) is 23.0 Å². The molecule has 0 aromatic carbocycles. The molecular formula is C16H18ClNS. The summed E-state index contributed by atoms with van der Waals surface area (Å²) in [7, 11) is 0. The standard InChI is InChI=1S/C16H18ClNS/c1-2-19-15-9-14(10-18-16(15)17)13-7-5-12(6-8-13)11-3-4-11/h5-7,9-11,13H,2-4,8H2,1H3. The molecular weight excluding hydrogens is 274 g/mol. The van der Waals surface area contributed by atoms with Crippen molar-refractivity contribution < 1.29 is 0 Å². The highest BCUT2D eigenvalue weighted by molar-refractivity contribution is 7.99. The average molecular weight is 292 g/mol. The summed E-state index contributed by atoms with van der Waals surface area (Å²) in [6, 6.07) is 2.20. The fourth-order valence-electron chi connectivity index (χ4n) is 2.51. The number of hydrogen-bond donors (Lipinski definition) is 0. The fraction of sp³-hybridized carbons (Fsp3) is 0.438. The third kappa shape index (κ3) is 3.06. The Morgan fingerprint density at radius 2 is 2.26 bits per heavy atom. The highest BCUT2D eigenvalue weighted by Crippen LogP contribution is 2.41. The zero-order valence-electron chi connectivity index (χ0n) is 11.1. The van der Waals surface area contributed by atoms with E-state index in [1.54, 1.807) is 17.3 Å². The Bertz CT molecular complexity index is 532. The number of aromatic nitrogens is 1. The summed E-state index contributed by atoms with van der Waals surface area (Å²) >= 11 is 7.89. The fourth-order valence-corrected chi connectivity index (χ4v) is 3.48. The van der Waals surface area contributed by atoms with Crippen molar-refractivity contribution in [1.29, 1.82) is 0 Å². The molecule has 1 nitrogen and oxygen atoms in total. The molecule has 1 unspecified atom stereocenters. The quantitative estimate of drug-likeness (QED) is 0.557. The van der Waals surface area contributed by atoms with Crippen LogP contribution in [0.4, 0.5) is 0 Å². The Morgan fingerprint density at radius 3 is 2.89 bits per heavy atom. The number of pyridine rings is 1. The molecule has 0 spiro atoms. The predicted octanol–water partition coefficient (Wildman–Crippen LogP) is 5.23. The van der Waals surface area contributed by atoms with Gasteiger partial charge in [0, 0.05) is 17.0 Å². The van der Waals surface area contributed by atoms with Gasteiger partial charge in [0.05, 0.1) is 0 Å². The van der Waals surface area contributed by atoms with Crippen molar-refractivity contribution in [2.24, 2.45) is 5.92 Å². The van der Waals surface area contributed by atoms with Crippen molar-refractivity contribution in [3.8, 4) is 0 Å². The number of hydrogen-bond acceptors (Lipinski definition) is 2. The molecule has 1 aromatic heterocycles. The van der Waals surface area contributed by atoms with E-state index in [0.29, 0.717) is 11.1 Å². The van der Waals surface area contributed by atoms with E-state index in [-0.39, 0.29) is 0 Å². The molecule has 3 rings (SSSR count). The molecule has 0 bridgehead atoms. The molecule has 19 heavy (non-hydrogen) atoms. The summed E-state index contributed by atoms with van der Waals surface area (Å²) in [5.41, 5.74) is 2.82. The van der Waals surface area contributed by atoms with Gasteiger partial charge in [-0.15, -0.1) is 11.8 Å². The van der Waals surface area contributed by atoms with Crippen LogP contribution >= 0.6 is 23.4 Å². The summed E-state index contributed by atoms with van der Waals surface area (Å²) in [5, 5.41) is 0.629. The van der Waals surface area contributed by atoms with Crippen molar-refractivity contribution >= 4 is 23.4 Å². The zero-order valence-corrected chi connectivity index (χ0v) is 12.7. The Balaban J connectivity index is 1.76. The van der Waals surface area contributed by atoms with Gasteiger partial charge < -0.3 is 0 Å². The first kappa shape index (κ1) is 13.3. The van der Waals surface area contributed by atoms with Gasteiger partial charge in [0.2, 0.25) is 0 Å². The Kier molecular flexibility index (Phi) is 3.99. The van der Waals surface area contributed by atoms with Crippen LogP contribution in [0.1, 0.15) is 37.7 Å². The van der Waals surface area contributed by atoms with E-state index in [9.17, 15) is 0 Å². The molecule has 0 radical (unpaired) electrons. The van der Waals surface area contributed by atoms with Crippen molar-refractivity contribution in [2.75, 3.05) is 5.75 Å². The molecule has 0 aliphatic heterocycles. The van der Waals surface area contributed by atoms with Crippen molar-refractivity contribution in [3.05, 3.63) is 46.8 Å².